The molecule has 0 spiro atoms. The topological polar surface area (TPSA) is 40.1 Å². The van der Waals surface area contributed by atoms with Crippen molar-refractivity contribution < 1.29 is 4.74 Å². The second-order valence-electron chi connectivity index (χ2n) is 7.04. The fourth-order valence-electron chi connectivity index (χ4n) is 3.61. The molecule has 2 aliphatic heterocycles. The van der Waals surface area contributed by atoms with Gasteiger partial charge in [-0.3, -0.25) is 9.89 Å². The molecule has 6 heteroatoms. The van der Waals surface area contributed by atoms with Crippen LogP contribution in [-0.4, -0.2) is 74.3 Å². The van der Waals surface area contributed by atoms with Crippen molar-refractivity contribution in [2.45, 2.75) is 40.2 Å². The number of hydrogen-bond donors (Lipinski definition) is 1. The lowest BCUT2D eigenvalue weighted by atomic mass is 9.92. The Morgan fingerprint density at radius 3 is 2.39 bits per heavy atom. The predicted octanol–water partition coefficient (Wildman–Crippen LogP) is 2.27. The third-order valence-electron chi connectivity index (χ3n) is 4.68. The molecule has 0 saturated carbocycles. The van der Waals surface area contributed by atoms with Crippen LogP contribution >= 0.6 is 24.0 Å². The van der Waals surface area contributed by atoms with Gasteiger partial charge < -0.3 is 15.0 Å². The normalized spacial score (nSPS) is 28.2. The Morgan fingerprint density at radius 1 is 1.22 bits per heavy atom. The zero-order valence-electron chi connectivity index (χ0n) is 15.3. The van der Waals surface area contributed by atoms with Crippen molar-refractivity contribution in [1.29, 1.82) is 0 Å². The summed E-state index contributed by atoms with van der Waals surface area (Å²) in [5.74, 6) is 2.61. The number of halogens is 1. The van der Waals surface area contributed by atoms with Gasteiger partial charge in [0.1, 0.15) is 0 Å². The van der Waals surface area contributed by atoms with E-state index in [1.54, 1.807) is 0 Å². The minimum atomic E-state index is 0. The van der Waals surface area contributed by atoms with Crippen LogP contribution in [0, 0.1) is 11.8 Å². The van der Waals surface area contributed by atoms with Gasteiger partial charge in [-0.25, -0.2) is 0 Å². The molecule has 0 aromatic rings. The number of hydrogen-bond acceptors (Lipinski definition) is 3. The highest BCUT2D eigenvalue weighted by atomic mass is 127. The number of ether oxygens (including phenoxy) is 1. The average molecular weight is 438 g/mol. The largest absolute Gasteiger partial charge is 0.379 e. The van der Waals surface area contributed by atoms with E-state index in [0.717, 1.165) is 70.3 Å². The molecule has 2 rings (SSSR count). The number of likely N-dealkylation sites (tertiary alicyclic amines) is 1. The zero-order chi connectivity index (χ0) is 15.9. The quantitative estimate of drug-likeness (QED) is 0.416. The Kier molecular flexibility index (Phi) is 9.77. The smallest absolute Gasteiger partial charge is 0.193 e. The van der Waals surface area contributed by atoms with Gasteiger partial charge in [0.2, 0.25) is 0 Å². The molecule has 136 valence electrons. The summed E-state index contributed by atoms with van der Waals surface area (Å²) < 4.78 is 5.43. The van der Waals surface area contributed by atoms with Crippen LogP contribution < -0.4 is 5.32 Å². The van der Waals surface area contributed by atoms with E-state index in [-0.39, 0.29) is 24.0 Å². The maximum absolute atomic E-state index is 5.43. The van der Waals surface area contributed by atoms with Crippen LogP contribution in [0.1, 0.15) is 34.1 Å². The lowest BCUT2D eigenvalue weighted by Gasteiger charge is -2.37. The summed E-state index contributed by atoms with van der Waals surface area (Å²) in [5.41, 5.74) is 0. The molecule has 0 aromatic heterocycles. The van der Waals surface area contributed by atoms with Gasteiger partial charge in [-0.2, -0.15) is 0 Å². The summed E-state index contributed by atoms with van der Waals surface area (Å²) >= 11 is 0. The minimum Gasteiger partial charge on any atom is -0.379 e. The average Bonchev–Trinajstić information content (AvgIpc) is 2.51. The fraction of sp³-hybridized carbons (Fsp3) is 0.941. The maximum atomic E-state index is 5.43. The van der Waals surface area contributed by atoms with Crippen LogP contribution in [0.15, 0.2) is 4.99 Å². The maximum Gasteiger partial charge on any atom is 0.193 e. The van der Waals surface area contributed by atoms with Gasteiger partial charge in [-0.15, -0.1) is 24.0 Å². The highest BCUT2D eigenvalue weighted by Crippen LogP contribution is 2.21. The van der Waals surface area contributed by atoms with Gasteiger partial charge in [-0.05, 0) is 32.1 Å². The van der Waals surface area contributed by atoms with Crippen LogP contribution in [0.25, 0.3) is 0 Å². The number of aliphatic imine (C=N–C) groups is 1. The Hall–Kier alpha value is -0.0800. The van der Waals surface area contributed by atoms with Crippen molar-refractivity contribution in [3.8, 4) is 0 Å². The molecule has 2 aliphatic rings. The molecule has 0 amide bonds. The molecular weight excluding hydrogens is 403 g/mol. The molecule has 5 nitrogen and oxygen atoms in total. The highest BCUT2D eigenvalue weighted by molar-refractivity contribution is 14.0. The summed E-state index contributed by atoms with van der Waals surface area (Å²) in [4.78, 5) is 9.87. The lowest BCUT2D eigenvalue weighted by molar-refractivity contribution is 0.0220. The third-order valence-corrected chi connectivity index (χ3v) is 4.68. The Bertz CT molecular complexity index is 351. The second kappa shape index (κ2) is 10.7. The zero-order valence-corrected chi connectivity index (χ0v) is 17.6. The van der Waals surface area contributed by atoms with Crippen LogP contribution in [0.2, 0.25) is 0 Å². The molecule has 1 N–H and O–H groups in total. The molecule has 3 unspecified atom stereocenters. The van der Waals surface area contributed by atoms with Crippen molar-refractivity contribution in [2.24, 2.45) is 16.8 Å². The van der Waals surface area contributed by atoms with Gasteiger partial charge in [0.25, 0.3) is 0 Å². The van der Waals surface area contributed by atoms with Crippen LogP contribution in [0.3, 0.4) is 0 Å². The number of piperidine rings is 1. The van der Waals surface area contributed by atoms with E-state index in [1.807, 2.05) is 0 Å². The minimum absolute atomic E-state index is 0. The number of morpholine rings is 1. The monoisotopic (exact) mass is 438 g/mol. The van der Waals surface area contributed by atoms with Crippen LogP contribution in [0.5, 0.6) is 0 Å². The van der Waals surface area contributed by atoms with E-state index in [9.17, 15) is 0 Å². The van der Waals surface area contributed by atoms with Crippen molar-refractivity contribution >= 4 is 29.9 Å². The number of guanidine groups is 1. The van der Waals surface area contributed by atoms with E-state index in [4.69, 9.17) is 9.73 Å². The molecule has 0 bridgehead atoms. The van der Waals surface area contributed by atoms with E-state index in [0.29, 0.717) is 6.04 Å². The molecule has 2 fully saturated rings. The summed E-state index contributed by atoms with van der Waals surface area (Å²) in [6.07, 6.45) is 1.33. The Labute approximate surface area is 159 Å². The van der Waals surface area contributed by atoms with E-state index in [1.165, 1.54) is 6.42 Å². The van der Waals surface area contributed by atoms with E-state index >= 15 is 0 Å². The third kappa shape index (κ3) is 6.74. The fourth-order valence-corrected chi connectivity index (χ4v) is 3.61. The Balaban J connectivity index is 0.00000264. The van der Waals surface area contributed by atoms with Gasteiger partial charge >= 0.3 is 0 Å². The number of nitrogens with zero attached hydrogens (tertiary/aromatic N) is 3. The molecule has 0 aromatic carbocycles. The number of nitrogens with one attached hydrogen (secondary N) is 1. The summed E-state index contributed by atoms with van der Waals surface area (Å²) in [5, 5.41) is 3.48. The highest BCUT2D eigenvalue weighted by Gasteiger charge is 2.24. The summed E-state index contributed by atoms with van der Waals surface area (Å²) in [7, 11) is 0. The van der Waals surface area contributed by atoms with Crippen molar-refractivity contribution in [1.82, 2.24) is 15.1 Å². The molecule has 2 saturated heterocycles. The summed E-state index contributed by atoms with van der Waals surface area (Å²) in [6.45, 7) is 17.0. The summed E-state index contributed by atoms with van der Waals surface area (Å²) in [6, 6.07) is 0.484. The van der Waals surface area contributed by atoms with Gasteiger partial charge in [-0.1, -0.05) is 13.8 Å². The molecule has 2 heterocycles. The van der Waals surface area contributed by atoms with Crippen molar-refractivity contribution in [3.63, 3.8) is 0 Å². The van der Waals surface area contributed by atoms with Crippen molar-refractivity contribution in [2.75, 3.05) is 52.5 Å². The first-order valence-corrected chi connectivity index (χ1v) is 8.95. The molecule has 23 heavy (non-hydrogen) atoms. The predicted molar refractivity (Wildman–Crippen MR) is 108 cm³/mol. The lowest BCUT2D eigenvalue weighted by Crippen LogP contribution is -2.49. The molecular formula is C17H35IN4O. The van der Waals surface area contributed by atoms with E-state index in [2.05, 4.69) is 42.8 Å². The van der Waals surface area contributed by atoms with Crippen LogP contribution in [0.4, 0.5) is 0 Å². The molecule has 3 atom stereocenters. The van der Waals surface area contributed by atoms with E-state index < -0.39 is 0 Å². The standard InChI is InChI=1S/C17H34N4O.HI/c1-5-18-17(21-12-14(2)10-15(3)13-21)19-11-16(4)20-6-8-22-9-7-20;/h14-16H,5-13H2,1-4H3,(H,18,19);1H. The second-order valence-corrected chi connectivity index (χ2v) is 7.04. The van der Waals surface area contributed by atoms with Crippen LogP contribution in [-0.2, 0) is 4.74 Å². The molecule has 0 radical (unpaired) electrons. The van der Waals surface area contributed by atoms with Gasteiger partial charge in [0.05, 0.1) is 19.8 Å². The first kappa shape index (κ1) is 21.0. The first-order chi connectivity index (χ1) is 10.6. The first-order valence-electron chi connectivity index (χ1n) is 8.95. The number of rotatable bonds is 4. The van der Waals surface area contributed by atoms with Gasteiger partial charge in [0, 0.05) is 38.8 Å². The van der Waals surface area contributed by atoms with Gasteiger partial charge in [0.15, 0.2) is 5.96 Å². The Morgan fingerprint density at radius 2 is 1.83 bits per heavy atom. The molecule has 0 aliphatic carbocycles. The SMILES string of the molecule is CCNC(=NCC(C)N1CCOCC1)N1CC(C)CC(C)C1.I. The van der Waals surface area contributed by atoms with Crippen molar-refractivity contribution in [3.05, 3.63) is 0 Å².